The van der Waals surface area contributed by atoms with Crippen LogP contribution in [0.5, 0.6) is 0 Å². The maximum atomic E-state index is 12.1. The minimum atomic E-state index is -0.420. The van der Waals surface area contributed by atoms with E-state index < -0.39 is 5.97 Å². The van der Waals surface area contributed by atoms with Crippen molar-refractivity contribution in [3.63, 3.8) is 0 Å². The summed E-state index contributed by atoms with van der Waals surface area (Å²) in [6, 6.07) is 4.87. The molecule has 2 aromatic rings. The Labute approximate surface area is 134 Å². The van der Waals surface area contributed by atoms with E-state index in [1.807, 2.05) is 0 Å². The molecule has 21 heavy (non-hydrogen) atoms. The van der Waals surface area contributed by atoms with Crippen LogP contribution in [0.25, 0.3) is 0 Å². The quantitative estimate of drug-likeness (QED) is 0.838. The van der Waals surface area contributed by atoms with Gasteiger partial charge in [-0.15, -0.1) is 0 Å². The molecule has 0 saturated heterocycles. The molecule has 2 rings (SSSR count). The Kier molecular flexibility index (Phi) is 4.98. The fourth-order valence-electron chi connectivity index (χ4n) is 1.58. The average Bonchev–Trinajstić information content (AvgIpc) is 2.85. The number of hydrogen-bond acceptors (Lipinski definition) is 4. The van der Waals surface area contributed by atoms with Gasteiger partial charge in [0.05, 0.1) is 24.6 Å². The first-order chi connectivity index (χ1) is 9.99. The van der Waals surface area contributed by atoms with E-state index in [1.54, 1.807) is 24.4 Å². The summed E-state index contributed by atoms with van der Waals surface area (Å²) < 4.78 is 6.50. The third-order valence-corrected chi connectivity index (χ3v) is 3.48. The summed E-state index contributed by atoms with van der Waals surface area (Å²) in [5.41, 5.74) is 0.922. The SMILES string of the molecule is COC(=O)Cn1cc(NC(=O)c2ccc(Cl)cc2Br)cn1. The maximum absolute atomic E-state index is 12.1. The van der Waals surface area contributed by atoms with Crippen LogP contribution in [-0.2, 0) is 16.1 Å². The molecule has 0 spiro atoms. The first kappa shape index (κ1) is 15.5. The molecule has 110 valence electrons. The molecule has 1 N–H and O–H groups in total. The van der Waals surface area contributed by atoms with Crippen LogP contribution in [0, 0.1) is 0 Å². The van der Waals surface area contributed by atoms with Crippen LogP contribution in [0.3, 0.4) is 0 Å². The molecule has 1 amide bonds. The Morgan fingerprint density at radius 1 is 1.48 bits per heavy atom. The normalized spacial score (nSPS) is 10.2. The van der Waals surface area contributed by atoms with Crippen molar-refractivity contribution in [1.29, 1.82) is 0 Å². The summed E-state index contributed by atoms with van der Waals surface area (Å²) in [5.74, 6) is -0.729. The molecular weight excluding hydrogens is 362 g/mol. The lowest BCUT2D eigenvalue weighted by Gasteiger charge is -2.05. The molecule has 0 radical (unpaired) electrons. The molecule has 0 aliphatic rings. The van der Waals surface area contributed by atoms with Gasteiger partial charge in [-0.25, -0.2) is 0 Å². The first-order valence-corrected chi connectivity index (χ1v) is 7.02. The molecule has 0 bridgehead atoms. The van der Waals surface area contributed by atoms with Crippen LogP contribution in [0.2, 0.25) is 5.02 Å². The van der Waals surface area contributed by atoms with Gasteiger partial charge in [0.2, 0.25) is 0 Å². The number of nitrogens with zero attached hydrogens (tertiary/aromatic N) is 2. The predicted octanol–water partition coefficient (Wildman–Crippen LogP) is 2.72. The molecule has 0 saturated carbocycles. The van der Waals surface area contributed by atoms with Gasteiger partial charge in [-0.05, 0) is 34.1 Å². The van der Waals surface area contributed by atoms with Crippen LogP contribution in [0.4, 0.5) is 5.69 Å². The van der Waals surface area contributed by atoms with E-state index in [-0.39, 0.29) is 12.5 Å². The van der Waals surface area contributed by atoms with E-state index in [9.17, 15) is 9.59 Å². The monoisotopic (exact) mass is 371 g/mol. The summed E-state index contributed by atoms with van der Waals surface area (Å²) in [6.45, 7) is -0.0169. The number of amides is 1. The van der Waals surface area contributed by atoms with Crippen LogP contribution in [0.1, 0.15) is 10.4 Å². The summed E-state index contributed by atoms with van der Waals surface area (Å²) >= 11 is 9.11. The van der Waals surface area contributed by atoms with Gasteiger partial charge < -0.3 is 10.1 Å². The van der Waals surface area contributed by atoms with Crippen molar-refractivity contribution in [2.24, 2.45) is 0 Å². The highest BCUT2D eigenvalue weighted by Crippen LogP contribution is 2.22. The molecule has 6 nitrogen and oxygen atoms in total. The van der Waals surface area contributed by atoms with E-state index in [2.05, 4.69) is 31.1 Å². The molecule has 0 aliphatic carbocycles. The minimum absolute atomic E-state index is 0.0169. The van der Waals surface area contributed by atoms with Gasteiger partial charge in [-0.1, -0.05) is 11.6 Å². The standard InChI is InChI=1S/C13H11BrClN3O3/c1-21-12(19)7-18-6-9(5-16-18)17-13(20)10-3-2-8(15)4-11(10)14/h2-6H,7H2,1H3,(H,17,20). The second-order valence-corrected chi connectivity index (χ2v) is 5.37. The number of anilines is 1. The van der Waals surface area contributed by atoms with Crippen molar-refractivity contribution in [1.82, 2.24) is 9.78 Å². The summed E-state index contributed by atoms with van der Waals surface area (Å²) in [5, 5.41) is 7.17. The van der Waals surface area contributed by atoms with Gasteiger partial charge in [0, 0.05) is 15.7 Å². The predicted molar refractivity (Wildman–Crippen MR) is 81.3 cm³/mol. The number of nitrogens with one attached hydrogen (secondary N) is 1. The number of carbonyl (C=O) groups excluding carboxylic acids is 2. The highest BCUT2D eigenvalue weighted by molar-refractivity contribution is 9.10. The van der Waals surface area contributed by atoms with E-state index >= 15 is 0 Å². The molecule has 8 heteroatoms. The van der Waals surface area contributed by atoms with Crippen LogP contribution in [-0.4, -0.2) is 28.8 Å². The number of ether oxygens (including phenoxy) is 1. The summed E-state index contributed by atoms with van der Waals surface area (Å²) in [4.78, 5) is 23.2. The average molecular weight is 373 g/mol. The van der Waals surface area contributed by atoms with Gasteiger partial charge in [-0.2, -0.15) is 5.10 Å². The van der Waals surface area contributed by atoms with E-state index in [4.69, 9.17) is 11.6 Å². The number of carbonyl (C=O) groups is 2. The first-order valence-electron chi connectivity index (χ1n) is 5.85. The molecule has 0 fully saturated rings. The molecule has 1 aromatic carbocycles. The van der Waals surface area contributed by atoms with Crippen molar-refractivity contribution in [3.8, 4) is 0 Å². The summed E-state index contributed by atoms with van der Waals surface area (Å²) in [7, 11) is 1.30. The highest BCUT2D eigenvalue weighted by atomic mass is 79.9. The largest absolute Gasteiger partial charge is 0.468 e. The Morgan fingerprint density at radius 2 is 2.24 bits per heavy atom. The topological polar surface area (TPSA) is 73.2 Å². The minimum Gasteiger partial charge on any atom is -0.468 e. The van der Waals surface area contributed by atoms with Gasteiger partial charge >= 0.3 is 5.97 Å². The molecule has 1 heterocycles. The van der Waals surface area contributed by atoms with E-state index in [0.29, 0.717) is 20.7 Å². The van der Waals surface area contributed by atoms with E-state index in [1.165, 1.54) is 18.0 Å². The van der Waals surface area contributed by atoms with Crippen LogP contribution in [0.15, 0.2) is 35.1 Å². The molecular formula is C13H11BrClN3O3. The fraction of sp³-hybridized carbons (Fsp3) is 0.154. The van der Waals surface area contributed by atoms with Gasteiger partial charge in [0.1, 0.15) is 6.54 Å². The number of rotatable bonds is 4. The second kappa shape index (κ2) is 6.73. The van der Waals surface area contributed by atoms with Gasteiger partial charge in [-0.3, -0.25) is 14.3 Å². The second-order valence-electron chi connectivity index (χ2n) is 4.08. The number of esters is 1. The molecule has 1 aromatic heterocycles. The third-order valence-electron chi connectivity index (χ3n) is 2.59. The van der Waals surface area contributed by atoms with Gasteiger partial charge in [0.15, 0.2) is 0 Å². The molecule has 0 aliphatic heterocycles. The number of aromatic nitrogens is 2. The maximum Gasteiger partial charge on any atom is 0.327 e. The Balaban J connectivity index is 2.07. The number of hydrogen-bond donors (Lipinski definition) is 1. The van der Waals surface area contributed by atoms with Crippen molar-refractivity contribution in [2.75, 3.05) is 12.4 Å². The zero-order valence-electron chi connectivity index (χ0n) is 11.0. The zero-order chi connectivity index (χ0) is 15.4. The van der Waals surface area contributed by atoms with Gasteiger partial charge in [0.25, 0.3) is 5.91 Å². The zero-order valence-corrected chi connectivity index (χ0v) is 13.3. The van der Waals surface area contributed by atoms with Crippen LogP contribution < -0.4 is 5.32 Å². The third kappa shape index (κ3) is 4.05. The number of methoxy groups -OCH3 is 1. The lowest BCUT2D eigenvalue weighted by molar-refractivity contribution is -0.141. The molecule has 0 unspecified atom stereocenters. The number of halogens is 2. The van der Waals surface area contributed by atoms with Crippen molar-refractivity contribution in [3.05, 3.63) is 45.7 Å². The number of benzene rings is 1. The Bertz CT molecular complexity index is 687. The lowest BCUT2D eigenvalue weighted by atomic mass is 10.2. The Hall–Kier alpha value is -1.86. The Morgan fingerprint density at radius 3 is 2.90 bits per heavy atom. The van der Waals surface area contributed by atoms with Crippen molar-refractivity contribution in [2.45, 2.75) is 6.54 Å². The van der Waals surface area contributed by atoms with Crippen LogP contribution >= 0.6 is 27.5 Å². The summed E-state index contributed by atoms with van der Waals surface area (Å²) in [6.07, 6.45) is 2.99. The van der Waals surface area contributed by atoms with Crippen molar-refractivity contribution < 1.29 is 14.3 Å². The van der Waals surface area contributed by atoms with E-state index in [0.717, 1.165) is 0 Å². The highest BCUT2D eigenvalue weighted by Gasteiger charge is 2.12. The fourth-order valence-corrected chi connectivity index (χ4v) is 2.45. The smallest absolute Gasteiger partial charge is 0.327 e. The molecule has 0 atom stereocenters. The van der Waals surface area contributed by atoms with Crippen molar-refractivity contribution >= 4 is 45.1 Å². The lowest BCUT2D eigenvalue weighted by Crippen LogP contribution is -2.13.